The Morgan fingerprint density at radius 2 is 1.86 bits per heavy atom. The fourth-order valence-electron chi connectivity index (χ4n) is 3.07. The van der Waals surface area contributed by atoms with Crippen LogP contribution in [-0.2, 0) is 16.8 Å². The van der Waals surface area contributed by atoms with Crippen LogP contribution in [0.25, 0.3) is 10.9 Å². The Hall–Kier alpha value is -3.08. The molecule has 0 saturated carbocycles. The van der Waals surface area contributed by atoms with E-state index in [0.717, 1.165) is 28.8 Å². The summed E-state index contributed by atoms with van der Waals surface area (Å²) in [4.78, 5) is 11.0. The second-order valence-corrected chi connectivity index (χ2v) is 7.84. The lowest BCUT2D eigenvalue weighted by molar-refractivity contribution is -0.118. The van der Waals surface area contributed by atoms with Gasteiger partial charge in [-0.25, -0.2) is 5.43 Å². The molecule has 0 saturated heterocycles. The highest BCUT2D eigenvalue weighted by molar-refractivity contribution is 5.99. The summed E-state index contributed by atoms with van der Waals surface area (Å²) >= 11 is 0. The van der Waals surface area contributed by atoms with Crippen LogP contribution in [0.1, 0.15) is 38.8 Å². The van der Waals surface area contributed by atoms with E-state index in [1.165, 1.54) is 12.5 Å². The molecule has 146 valence electrons. The van der Waals surface area contributed by atoms with E-state index < -0.39 is 0 Å². The highest BCUT2D eigenvalue weighted by Gasteiger charge is 2.13. The Labute approximate surface area is 166 Å². The van der Waals surface area contributed by atoms with Gasteiger partial charge < -0.3 is 9.30 Å². The third kappa shape index (κ3) is 4.80. The number of hydrazone groups is 1. The monoisotopic (exact) mass is 377 g/mol. The van der Waals surface area contributed by atoms with Gasteiger partial charge in [-0.1, -0.05) is 51.1 Å². The van der Waals surface area contributed by atoms with Gasteiger partial charge in [0.1, 0.15) is 12.4 Å². The van der Waals surface area contributed by atoms with Crippen molar-refractivity contribution in [3.63, 3.8) is 0 Å². The smallest absolute Gasteiger partial charge is 0.236 e. The molecule has 3 aromatic rings. The normalized spacial score (nSPS) is 11.9. The molecule has 1 aromatic heterocycles. The zero-order valence-corrected chi connectivity index (χ0v) is 16.9. The zero-order valence-electron chi connectivity index (χ0n) is 16.9. The third-order valence-corrected chi connectivity index (χ3v) is 4.57. The number of fused-ring (bicyclic) bond motifs is 1. The number of rotatable bonds is 6. The minimum atomic E-state index is -0.189. The first-order valence-corrected chi connectivity index (χ1v) is 9.45. The maximum atomic E-state index is 11.0. The van der Waals surface area contributed by atoms with Crippen LogP contribution < -0.4 is 10.2 Å². The summed E-state index contributed by atoms with van der Waals surface area (Å²) in [5.74, 6) is 0.683. The first-order chi connectivity index (χ1) is 13.3. The van der Waals surface area contributed by atoms with E-state index in [1.54, 1.807) is 6.21 Å². The highest BCUT2D eigenvalue weighted by atomic mass is 16.5. The first-order valence-electron chi connectivity index (χ1n) is 9.45. The average molecular weight is 377 g/mol. The second-order valence-electron chi connectivity index (χ2n) is 7.84. The molecule has 0 spiro atoms. The first kappa shape index (κ1) is 19.7. The van der Waals surface area contributed by atoms with Crippen molar-refractivity contribution >= 4 is 23.0 Å². The number of aromatic nitrogens is 1. The zero-order chi connectivity index (χ0) is 20.1. The topological polar surface area (TPSA) is 55.6 Å². The number of carbonyl (C=O) groups excluding carboxylic acids is 1. The number of amides is 1. The van der Waals surface area contributed by atoms with Gasteiger partial charge in [0.2, 0.25) is 5.91 Å². The van der Waals surface area contributed by atoms with Gasteiger partial charge in [0.05, 0.1) is 12.8 Å². The second kappa shape index (κ2) is 8.30. The fraction of sp³-hybridized carbons (Fsp3) is 0.304. The van der Waals surface area contributed by atoms with Crippen molar-refractivity contribution in [2.75, 3.05) is 6.61 Å². The number of benzene rings is 2. The summed E-state index contributed by atoms with van der Waals surface area (Å²) in [6, 6.07) is 16.4. The van der Waals surface area contributed by atoms with Crippen molar-refractivity contribution in [1.82, 2.24) is 9.99 Å². The molecule has 3 rings (SSSR count). The van der Waals surface area contributed by atoms with Crippen molar-refractivity contribution < 1.29 is 9.53 Å². The predicted octanol–water partition coefficient (Wildman–Crippen LogP) is 4.49. The molecule has 0 aliphatic carbocycles. The van der Waals surface area contributed by atoms with Gasteiger partial charge in [0, 0.05) is 29.6 Å². The van der Waals surface area contributed by atoms with Crippen molar-refractivity contribution in [2.45, 2.75) is 39.7 Å². The van der Waals surface area contributed by atoms with Gasteiger partial charge in [0.15, 0.2) is 0 Å². The van der Waals surface area contributed by atoms with E-state index in [9.17, 15) is 4.79 Å². The minimum absolute atomic E-state index is 0.137. The maximum absolute atomic E-state index is 11.0. The molecule has 1 heterocycles. The molecular formula is C23H27N3O2. The molecule has 0 aliphatic heterocycles. The van der Waals surface area contributed by atoms with Crippen LogP contribution >= 0.6 is 0 Å². The van der Waals surface area contributed by atoms with E-state index in [-0.39, 0.29) is 11.3 Å². The average Bonchev–Trinajstić information content (AvgIpc) is 2.99. The molecule has 0 atom stereocenters. The molecule has 1 amide bonds. The third-order valence-electron chi connectivity index (χ3n) is 4.57. The number of hydrogen-bond donors (Lipinski definition) is 1. The fourth-order valence-corrected chi connectivity index (χ4v) is 3.07. The van der Waals surface area contributed by atoms with Gasteiger partial charge >= 0.3 is 0 Å². The standard InChI is InChI=1S/C23H27N3O2/c1-17(27)25-24-15-18-16-26(22-8-6-5-7-21(18)22)13-14-28-20-11-9-19(10-12-20)23(2,3)4/h5-12,15-16H,13-14H2,1-4H3,(H,25,27)/b24-15+. The van der Waals surface area contributed by atoms with Crippen molar-refractivity contribution in [3.8, 4) is 5.75 Å². The van der Waals surface area contributed by atoms with E-state index in [1.807, 2.05) is 36.5 Å². The van der Waals surface area contributed by atoms with Crippen LogP contribution in [-0.4, -0.2) is 23.3 Å². The van der Waals surface area contributed by atoms with Crippen molar-refractivity contribution in [3.05, 3.63) is 65.9 Å². The number of para-hydroxylation sites is 1. The van der Waals surface area contributed by atoms with E-state index in [2.05, 4.69) is 54.1 Å². The lowest BCUT2D eigenvalue weighted by Gasteiger charge is -2.19. The number of carbonyl (C=O) groups is 1. The van der Waals surface area contributed by atoms with E-state index >= 15 is 0 Å². The summed E-state index contributed by atoms with van der Waals surface area (Å²) < 4.78 is 8.08. The van der Waals surface area contributed by atoms with Gasteiger partial charge in [0.25, 0.3) is 0 Å². The molecule has 28 heavy (non-hydrogen) atoms. The molecule has 1 N–H and O–H groups in total. The Balaban J connectivity index is 1.69. The SMILES string of the molecule is CC(=O)N/N=C/c1cn(CCOc2ccc(C(C)(C)C)cc2)c2ccccc12. The van der Waals surface area contributed by atoms with E-state index in [0.29, 0.717) is 6.61 Å². The molecule has 0 unspecified atom stereocenters. The van der Waals surface area contributed by atoms with Crippen molar-refractivity contribution in [1.29, 1.82) is 0 Å². The van der Waals surface area contributed by atoms with Crippen LogP contribution in [0.15, 0.2) is 59.8 Å². The predicted molar refractivity (Wildman–Crippen MR) is 114 cm³/mol. The molecule has 5 nitrogen and oxygen atoms in total. The summed E-state index contributed by atoms with van der Waals surface area (Å²) in [6.45, 7) is 9.32. The van der Waals surface area contributed by atoms with Crippen LogP contribution in [0.4, 0.5) is 0 Å². The van der Waals surface area contributed by atoms with Crippen LogP contribution in [0, 0.1) is 0 Å². The Morgan fingerprint density at radius 3 is 2.54 bits per heavy atom. The van der Waals surface area contributed by atoms with Crippen LogP contribution in [0.3, 0.4) is 0 Å². The molecule has 2 aromatic carbocycles. The number of nitrogens with zero attached hydrogens (tertiary/aromatic N) is 2. The lowest BCUT2D eigenvalue weighted by Crippen LogP contribution is -2.12. The highest BCUT2D eigenvalue weighted by Crippen LogP contribution is 2.24. The Bertz CT molecular complexity index is 979. The maximum Gasteiger partial charge on any atom is 0.236 e. The van der Waals surface area contributed by atoms with Crippen LogP contribution in [0.2, 0.25) is 0 Å². The number of ether oxygens (including phenoxy) is 1. The van der Waals surface area contributed by atoms with Gasteiger partial charge in [-0.15, -0.1) is 0 Å². The van der Waals surface area contributed by atoms with Gasteiger partial charge in [-0.3, -0.25) is 4.79 Å². The molecule has 5 heteroatoms. The molecule has 0 radical (unpaired) electrons. The van der Waals surface area contributed by atoms with Gasteiger partial charge in [-0.2, -0.15) is 5.10 Å². The van der Waals surface area contributed by atoms with Gasteiger partial charge in [-0.05, 0) is 29.2 Å². The summed E-state index contributed by atoms with van der Waals surface area (Å²) in [5, 5.41) is 5.08. The molecule has 0 bridgehead atoms. The quantitative estimate of drug-likeness (QED) is 0.508. The molecule has 0 fully saturated rings. The van der Waals surface area contributed by atoms with E-state index in [4.69, 9.17) is 4.74 Å². The molecule has 0 aliphatic rings. The number of hydrogen-bond acceptors (Lipinski definition) is 3. The minimum Gasteiger partial charge on any atom is -0.492 e. The summed E-state index contributed by atoms with van der Waals surface area (Å²) in [7, 11) is 0. The summed E-state index contributed by atoms with van der Waals surface area (Å²) in [5.41, 5.74) is 5.94. The largest absolute Gasteiger partial charge is 0.492 e. The summed E-state index contributed by atoms with van der Waals surface area (Å²) in [6.07, 6.45) is 3.70. The van der Waals surface area contributed by atoms with Crippen LogP contribution in [0.5, 0.6) is 5.75 Å². The molecular weight excluding hydrogens is 350 g/mol. The Morgan fingerprint density at radius 1 is 1.14 bits per heavy atom. The van der Waals surface area contributed by atoms with Crippen molar-refractivity contribution in [2.24, 2.45) is 5.10 Å². The Kier molecular flexibility index (Phi) is 5.83. The lowest BCUT2D eigenvalue weighted by atomic mass is 9.87. The number of nitrogens with one attached hydrogen (secondary N) is 1.